The molecule has 2 aromatic rings. The highest BCUT2D eigenvalue weighted by Gasteiger charge is 2.28. The van der Waals surface area contributed by atoms with Gasteiger partial charge in [-0.3, -0.25) is 4.79 Å². The average Bonchev–Trinajstić information content (AvgIpc) is 3.52. The minimum Gasteiger partial charge on any atom is -0.497 e. The zero-order valence-electron chi connectivity index (χ0n) is 16.7. The Morgan fingerprint density at radius 1 is 1.07 bits per heavy atom. The molecule has 141 valence electrons. The van der Waals surface area contributed by atoms with Gasteiger partial charge in [-0.15, -0.1) is 0 Å². The van der Waals surface area contributed by atoms with Crippen LogP contribution in [0.4, 0.5) is 5.69 Å². The van der Waals surface area contributed by atoms with E-state index in [0.29, 0.717) is 6.42 Å². The number of hydrogen-bond donors (Lipinski definition) is 0. The number of ketones is 1. The van der Waals surface area contributed by atoms with Crippen molar-refractivity contribution < 1.29 is 9.53 Å². The highest BCUT2D eigenvalue weighted by molar-refractivity contribution is 6.13. The molecule has 0 spiro atoms. The zero-order chi connectivity index (χ0) is 19.8. The van der Waals surface area contributed by atoms with E-state index in [0.717, 1.165) is 39.2 Å². The smallest absolute Gasteiger partial charge is 0.163 e. The Labute approximate surface area is 166 Å². The number of anilines is 1. The fourth-order valence-corrected chi connectivity index (χ4v) is 3.64. The van der Waals surface area contributed by atoms with Crippen LogP contribution in [-0.4, -0.2) is 27.0 Å². The van der Waals surface area contributed by atoms with Crippen LogP contribution in [0.15, 0.2) is 59.7 Å². The fraction of sp³-hybridized carbons (Fsp3) is 0.200. The van der Waals surface area contributed by atoms with Crippen molar-refractivity contribution in [3.63, 3.8) is 0 Å². The van der Waals surface area contributed by atoms with Gasteiger partial charge in [0.2, 0.25) is 0 Å². The minimum atomic E-state index is 0.180. The van der Waals surface area contributed by atoms with E-state index >= 15 is 0 Å². The third-order valence-electron chi connectivity index (χ3n) is 5.41. The van der Waals surface area contributed by atoms with Crippen molar-refractivity contribution in [2.45, 2.75) is 13.3 Å². The van der Waals surface area contributed by atoms with E-state index < -0.39 is 0 Å². The van der Waals surface area contributed by atoms with Crippen LogP contribution in [0.25, 0.3) is 17.2 Å². The molecule has 4 rings (SSSR count). The third kappa shape index (κ3) is 3.40. The van der Waals surface area contributed by atoms with E-state index in [1.165, 1.54) is 11.3 Å². The second-order valence-electron chi connectivity index (χ2n) is 7.45. The lowest BCUT2D eigenvalue weighted by Crippen LogP contribution is -2.07. The molecule has 2 aromatic carbocycles. The molecule has 0 heterocycles. The van der Waals surface area contributed by atoms with Crippen molar-refractivity contribution in [2.75, 3.05) is 26.1 Å². The van der Waals surface area contributed by atoms with E-state index in [-0.39, 0.29) is 5.78 Å². The Balaban J connectivity index is 1.77. The van der Waals surface area contributed by atoms with Crippen molar-refractivity contribution in [2.24, 2.45) is 0 Å². The van der Waals surface area contributed by atoms with E-state index in [9.17, 15) is 4.79 Å². The minimum absolute atomic E-state index is 0.180. The summed E-state index contributed by atoms with van der Waals surface area (Å²) in [6, 6.07) is 14.6. The second kappa shape index (κ2) is 7.16. The highest BCUT2D eigenvalue weighted by Crippen LogP contribution is 2.45. The van der Waals surface area contributed by atoms with Gasteiger partial charge in [-0.25, -0.2) is 0 Å². The number of ether oxygens (including phenoxy) is 1. The first-order valence-electron chi connectivity index (χ1n) is 9.44. The maximum atomic E-state index is 12.4. The summed E-state index contributed by atoms with van der Waals surface area (Å²) in [4.78, 5) is 14.5. The standard InChI is InChI=1S/C25H24NO2/c1-16-22(13-17-5-9-19(10-6-17)26(2)3)21-12-11-20(28-4)14-24(21)23(16)15-25(27)18-7-8-18/h5-14H,15H2,1-4H3/b22-13-. The van der Waals surface area contributed by atoms with Gasteiger partial charge in [0, 0.05) is 32.6 Å². The third-order valence-corrected chi connectivity index (χ3v) is 5.41. The number of carbonyl (C=O) groups is 1. The first-order chi connectivity index (χ1) is 13.5. The largest absolute Gasteiger partial charge is 0.497 e. The molecule has 28 heavy (non-hydrogen) atoms. The van der Waals surface area contributed by atoms with E-state index in [1.54, 1.807) is 7.11 Å². The maximum absolute atomic E-state index is 12.4. The number of hydrogen-bond acceptors (Lipinski definition) is 3. The highest BCUT2D eigenvalue weighted by atomic mass is 16.5. The Morgan fingerprint density at radius 3 is 2.39 bits per heavy atom. The molecule has 0 amide bonds. The molecule has 0 aromatic heterocycles. The van der Waals surface area contributed by atoms with Crippen LogP contribution in [0.3, 0.4) is 0 Å². The fourth-order valence-electron chi connectivity index (χ4n) is 3.64. The van der Waals surface area contributed by atoms with Crippen LogP contribution in [0, 0.1) is 6.42 Å². The van der Waals surface area contributed by atoms with Gasteiger partial charge in [-0.05, 0) is 76.2 Å². The lowest BCUT2D eigenvalue weighted by Gasteiger charge is -2.12. The van der Waals surface area contributed by atoms with Gasteiger partial charge in [0.05, 0.1) is 7.11 Å². The van der Waals surface area contributed by atoms with Gasteiger partial charge in [0.15, 0.2) is 5.78 Å². The summed E-state index contributed by atoms with van der Waals surface area (Å²) < 4.78 is 5.43. The second-order valence-corrected chi connectivity index (χ2v) is 7.45. The number of nitrogens with zero attached hydrogens (tertiary/aromatic N) is 1. The molecular weight excluding hydrogens is 346 g/mol. The van der Waals surface area contributed by atoms with Crippen LogP contribution in [0.1, 0.15) is 30.0 Å². The maximum Gasteiger partial charge on any atom is 0.163 e. The molecule has 0 unspecified atom stereocenters. The Kier molecular flexibility index (Phi) is 4.68. The lowest BCUT2D eigenvalue weighted by atomic mass is 9.99. The molecule has 0 aliphatic heterocycles. The van der Waals surface area contributed by atoms with Crippen LogP contribution in [-0.2, 0) is 4.79 Å². The zero-order valence-corrected chi connectivity index (χ0v) is 16.7. The molecule has 1 radical (unpaired) electrons. The Bertz CT molecular complexity index is 1040. The molecular formula is C25H24NO2. The van der Waals surface area contributed by atoms with Crippen molar-refractivity contribution in [1.29, 1.82) is 0 Å². The van der Waals surface area contributed by atoms with Crippen LogP contribution >= 0.6 is 0 Å². The summed E-state index contributed by atoms with van der Waals surface area (Å²) in [5.41, 5.74) is 8.84. The number of fused-ring (bicyclic) bond motifs is 1. The van der Waals surface area contributed by atoms with E-state index in [1.807, 2.05) is 38.7 Å². The van der Waals surface area contributed by atoms with Crippen LogP contribution < -0.4 is 9.64 Å². The first-order valence-corrected chi connectivity index (χ1v) is 9.44. The molecule has 3 heteroatoms. The number of methoxy groups -OCH3 is 1. The van der Waals surface area contributed by atoms with Gasteiger partial charge >= 0.3 is 0 Å². The molecule has 0 atom stereocenters. The van der Waals surface area contributed by atoms with Crippen LogP contribution in [0.5, 0.6) is 5.75 Å². The van der Waals surface area contributed by atoms with Gasteiger partial charge in [0.25, 0.3) is 0 Å². The van der Waals surface area contributed by atoms with Gasteiger partial charge < -0.3 is 9.64 Å². The summed E-state index contributed by atoms with van der Waals surface area (Å²) >= 11 is 0. The number of benzene rings is 2. The monoisotopic (exact) mass is 370 g/mol. The number of carbonyl (C=O) groups excluding carboxylic acids is 1. The molecule has 2 aliphatic carbocycles. The normalized spacial score (nSPS) is 16.1. The lowest BCUT2D eigenvalue weighted by molar-refractivity contribution is -0.114. The summed E-state index contributed by atoms with van der Waals surface area (Å²) in [5.74, 6) is 0.991. The molecule has 0 fully saturated rings. The van der Waals surface area contributed by atoms with Crippen molar-refractivity contribution in [1.82, 2.24) is 0 Å². The summed E-state index contributed by atoms with van der Waals surface area (Å²) in [7, 11) is 5.75. The molecule has 2 aliphatic rings. The summed E-state index contributed by atoms with van der Waals surface area (Å²) in [5, 5.41) is 0. The molecule has 0 saturated heterocycles. The molecule has 3 nitrogen and oxygen atoms in total. The van der Waals surface area contributed by atoms with Gasteiger partial charge in [-0.1, -0.05) is 24.3 Å². The molecule has 0 saturated carbocycles. The summed E-state index contributed by atoms with van der Waals surface area (Å²) in [6.07, 6.45) is 6.39. The predicted octanol–water partition coefficient (Wildman–Crippen LogP) is 5.19. The van der Waals surface area contributed by atoms with E-state index in [4.69, 9.17) is 4.74 Å². The molecule has 0 bridgehead atoms. The van der Waals surface area contributed by atoms with Crippen molar-refractivity contribution >= 4 is 28.7 Å². The van der Waals surface area contributed by atoms with E-state index in [2.05, 4.69) is 48.2 Å². The first kappa shape index (κ1) is 18.3. The SMILES string of the molecule is COc1ccc2c(c1)C(CC(=O)C1=C[CH]1)=C(C)/C2=C/c1ccc(N(C)C)cc1. The van der Waals surface area contributed by atoms with Crippen LogP contribution in [0.2, 0.25) is 0 Å². The Hall–Kier alpha value is -3.07. The quantitative estimate of drug-likeness (QED) is 0.701. The Morgan fingerprint density at radius 2 is 1.79 bits per heavy atom. The predicted molar refractivity (Wildman–Crippen MR) is 116 cm³/mol. The number of allylic oxidation sites excluding steroid dienone is 5. The average molecular weight is 370 g/mol. The van der Waals surface area contributed by atoms with Gasteiger partial charge in [-0.2, -0.15) is 0 Å². The van der Waals surface area contributed by atoms with Crippen molar-refractivity contribution in [3.05, 3.63) is 82.8 Å². The summed E-state index contributed by atoms with van der Waals surface area (Å²) in [6.45, 7) is 2.11. The van der Waals surface area contributed by atoms with Crippen molar-refractivity contribution in [3.8, 4) is 5.75 Å². The number of rotatable bonds is 6. The topological polar surface area (TPSA) is 29.5 Å². The molecule has 0 N–H and O–H groups in total. The number of Topliss-reactive ketones (excluding diaryl/α,β-unsaturated/α-hetero) is 1. The van der Waals surface area contributed by atoms with Gasteiger partial charge in [0.1, 0.15) is 5.75 Å².